The highest BCUT2D eigenvalue weighted by Gasteiger charge is 2.45. The van der Waals surface area contributed by atoms with Crippen molar-refractivity contribution in [1.29, 1.82) is 0 Å². The molecule has 14 nitrogen and oxygen atoms in total. The lowest BCUT2D eigenvalue weighted by molar-refractivity contribution is -0.120. The molecule has 17 heteroatoms. The minimum atomic E-state index is -4.51. The van der Waals surface area contributed by atoms with Crippen molar-refractivity contribution in [3.63, 3.8) is 0 Å². The van der Waals surface area contributed by atoms with E-state index in [9.17, 15) is 23.4 Å². The second-order valence-corrected chi connectivity index (χ2v) is 10.1. The number of hydrogen-bond acceptors (Lipinski definition) is 13. The van der Waals surface area contributed by atoms with Crippen LogP contribution >= 0.6 is 34.4 Å². The molecular weight excluding hydrogens is 581 g/mol. The van der Waals surface area contributed by atoms with E-state index in [0.29, 0.717) is 9.58 Å². The van der Waals surface area contributed by atoms with Gasteiger partial charge in [0.2, 0.25) is 0 Å². The molecule has 2 aromatic rings. The number of nitrogen functional groups attached to an aromatic ring is 1. The van der Waals surface area contributed by atoms with Gasteiger partial charge in [0.15, 0.2) is 21.5 Å². The Balaban J connectivity index is 1.66. The molecule has 178 valence electrons. The summed E-state index contributed by atoms with van der Waals surface area (Å²) in [4.78, 5) is 24.2. The van der Waals surface area contributed by atoms with Crippen LogP contribution in [0.5, 0.6) is 0 Å². The van der Waals surface area contributed by atoms with Crippen LogP contribution in [0.2, 0.25) is 0 Å². The second-order valence-electron chi connectivity index (χ2n) is 6.84. The van der Waals surface area contributed by atoms with Gasteiger partial charge in [-0.25, -0.2) is 19.7 Å². The molecule has 2 aromatic heterocycles. The molecule has 1 amide bonds. The first-order chi connectivity index (χ1) is 15.0. The van der Waals surface area contributed by atoms with Crippen LogP contribution in [-0.4, -0.2) is 87.0 Å². The number of nitrogens with two attached hydrogens (primary N) is 2. The van der Waals surface area contributed by atoms with E-state index in [0.717, 1.165) is 0 Å². The first-order valence-electron chi connectivity index (χ1n) is 9.16. The Morgan fingerprint density at radius 1 is 1.44 bits per heavy atom. The van der Waals surface area contributed by atoms with Gasteiger partial charge in [0, 0.05) is 22.6 Å². The summed E-state index contributed by atoms with van der Waals surface area (Å²) < 4.78 is 37.9. The lowest BCUT2D eigenvalue weighted by atomic mass is 10.1. The van der Waals surface area contributed by atoms with Gasteiger partial charge in [-0.05, 0) is 18.4 Å². The Morgan fingerprint density at radius 2 is 2.16 bits per heavy atom. The van der Waals surface area contributed by atoms with Crippen LogP contribution in [0.4, 0.5) is 5.82 Å². The molecule has 0 radical (unpaired) electrons. The van der Waals surface area contributed by atoms with Crippen LogP contribution in [0, 0.1) is 3.83 Å². The third kappa shape index (κ3) is 5.58. The highest BCUT2D eigenvalue weighted by molar-refractivity contribution is 14.1. The minimum Gasteiger partial charge on any atom is -0.387 e. The van der Waals surface area contributed by atoms with Crippen molar-refractivity contribution < 1.29 is 32.3 Å². The standard InChI is InChI=1S/C15H22IN7O7S2/c1-31-3-2-6(17)13(26)22-32(27,28)29-4-7-9(24)10(25)14(30-7)23-5-19-8-11(18)20-15(16)21-12(8)23/h5-7,9-10,14,24-25H,2-4,17H2,1H3,(H,22,26)(H2,18,20,21)/t6-,7+,9+,10+,14+/m0/s1. The largest absolute Gasteiger partial charge is 0.387 e. The van der Waals surface area contributed by atoms with Crippen molar-refractivity contribution in [2.45, 2.75) is 37.0 Å². The molecule has 1 aliphatic heterocycles. The molecule has 3 rings (SSSR count). The molecule has 1 fully saturated rings. The number of halogens is 1. The number of imidazole rings is 1. The van der Waals surface area contributed by atoms with Crippen molar-refractivity contribution in [2.75, 3.05) is 24.3 Å². The number of nitrogens with one attached hydrogen (secondary N) is 1. The van der Waals surface area contributed by atoms with E-state index in [1.165, 1.54) is 22.7 Å². The molecular formula is C15H22IN7O7S2. The number of aliphatic hydroxyl groups is 2. The number of aliphatic hydroxyl groups excluding tert-OH is 2. The molecule has 0 saturated carbocycles. The number of anilines is 1. The highest BCUT2D eigenvalue weighted by atomic mass is 127. The molecule has 5 atom stereocenters. The van der Waals surface area contributed by atoms with Gasteiger partial charge in [-0.3, -0.25) is 13.5 Å². The van der Waals surface area contributed by atoms with Gasteiger partial charge in [-0.15, -0.1) is 0 Å². The smallest absolute Gasteiger partial charge is 0.362 e. The van der Waals surface area contributed by atoms with Crippen molar-refractivity contribution in [3.05, 3.63) is 10.2 Å². The lowest BCUT2D eigenvalue weighted by Crippen LogP contribution is -2.45. The molecule has 1 saturated heterocycles. The SMILES string of the molecule is CSCC[C@H](N)C(=O)NS(=O)(=O)OC[C@H]1O[C@@H](n2cnc3c(N)nc(I)nc32)[C@H](O)[C@@H]1O. The summed E-state index contributed by atoms with van der Waals surface area (Å²) in [7, 11) is -4.51. The Morgan fingerprint density at radius 3 is 2.84 bits per heavy atom. The van der Waals surface area contributed by atoms with Crippen molar-refractivity contribution >= 4 is 67.5 Å². The number of aromatic nitrogens is 4. The number of nitrogens with zero attached hydrogens (tertiary/aromatic N) is 4. The molecule has 32 heavy (non-hydrogen) atoms. The molecule has 0 aliphatic carbocycles. The van der Waals surface area contributed by atoms with Crippen LogP contribution in [0.15, 0.2) is 6.33 Å². The summed E-state index contributed by atoms with van der Waals surface area (Å²) in [5.41, 5.74) is 12.0. The number of hydrogen-bond donors (Lipinski definition) is 5. The van der Waals surface area contributed by atoms with Crippen molar-refractivity contribution in [2.24, 2.45) is 5.73 Å². The molecule has 0 aromatic carbocycles. The fraction of sp³-hybridized carbons (Fsp3) is 0.600. The predicted molar refractivity (Wildman–Crippen MR) is 122 cm³/mol. The number of fused-ring (bicyclic) bond motifs is 1. The van der Waals surface area contributed by atoms with E-state index >= 15 is 0 Å². The maximum Gasteiger partial charge on any atom is 0.362 e. The Bertz CT molecular complexity index is 1090. The Kier molecular flexibility index (Phi) is 8.12. The topological polar surface area (TPSA) is 218 Å². The number of carbonyl (C=O) groups excluding carboxylic acids is 1. The minimum absolute atomic E-state index is 0.128. The number of amides is 1. The highest BCUT2D eigenvalue weighted by Crippen LogP contribution is 2.32. The van der Waals surface area contributed by atoms with Crippen LogP contribution in [0.1, 0.15) is 12.6 Å². The maximum atomic E-state index is 12.1. The summed E-state index contributed by atoms with van der Waals surface area (Å²) in [5, 5.41) is 20.8. The van der Waals surface area contributed by atoms with Gasteiger partial charge in [0.25, 0.3) is 5.91 Å². The van der Waals surface area contributed by atoms with E-state index in [1.54, 1.807) is 4.72 Å². The normalized spacial score (nSPS) is 24.7. The molecule has 0 bridgehead atoms. The van der Waals surface area contributed by atoms with Crippen molar-refractivity contribution in [3.8, 4) is 0 Å². The van der Waals surface area contributed by atoms with Gasteiger partial charge >= 0.3 is 10.3 Å². The zero-order valence-corrected chi connectivity index (χ0v) is 20.4. The number of rotatable bonds is 9. The van der Waals surface area contributed by atoms with Gasteiger partial charge in [0.1, 0.15) is 23.8 Å². The average Bonchev–Trinajstić information content (AvgIpc) is 3.26. The fourth-order valence-electron chi connectivity index (χ4n) is 2.95. The fourth-order valence-corrected chi connectivity index (χ4v) is 4.70. The van der Waals surface area contributed by atoms with E-state index in [4.69, 9.17) is 20.4 Å². The second kappa shape index (κ2) is 10.3. The van der Waals surface area contributed by atoms with Crippen molar-refractivity contribution in [1.82, 2.24) is 24.2 Å². The van der Waals surface area contributed by atoms with E-state index in [-0.39, 0.29) is 23.4 Å². The zero-order valence-electron chi connectivity index (χ0n) is 16.7. The van der Waals surface area contributed by atoms with Gasteiger partial charge in [0.05, 0.1) is 19.0 Å². The van der Waals surface area contributed by atoms with Crippen LogP contribution in [0.25, 0.3) is 11.2 Å². The number of thioether (sulfide) groups is 1. The Hall–Kier alpha value is -1.35. The summed E-state index contributed by atoms with van der Waals surface area (Å²) in [6.45, 7) is -0.668. The van der Waals surface area contributed by atoms with Crippen LogP contribution < -0.4 is 16.2 Å². The third-order valence-electron chi connectivity index (χ3n) is 4.62. The van der Waals surface area contributed by atoms with E-state index < -0.39 is 53.4 Å². The number of carbonyl (C=O) groups is 1. The molecule has 0 unspecified atom stereocenters. The average molecular weight is 603 g/mol. The third-order valence-corrected chi connectivity index (χ3v) is 6.64. The molecule has 3 heterocycles. The summed E-state index contributed by atoms with van der Waals surface area (Å²) in [6.07, 6.45) is -1.91. The summed E-state index contributed by atoms with van der Waals surface area (Å²) in [6, 6.07) is -1.02. The van der Waals surface area contributed by atoms with Gasteiger partial charge in [-0.1, -0.05) is 0 Å². The van der Waals surface area contributed by atoms with E-state index in [2.05, 4.69) is 15.0 Å². The zero-order chi connectivity index (χ0) is 23.6. The first kappa shape index (κ1) is 25.3. The predicted octanol–water partition coefficient (Wildman–Crippen LogP) is -1.91. The lowest BCUT2D eigenvalue weighted by Gasteiger charge is -2.16. The first-order valence-corrected chi connectivity index (χ1v) is 13.0. The Labute approximate surface area is 200 Å². The van der Waals surface area contributed by atoms with E-state index in [1.807, 2.05) is 28.8 Å². The quantitative estimate of drug-likeness (QED) is 0.156. The van der Waals surface area contributed by atoms with Crippen LogP contribution in [-0.2, 0) is 24.0 Å². The maximum absolute atomic E-state index is 12.1. The van der Waals surface area contributed by atoms with Gasteiger partial charge in [-0.2, -0.15) is 20.2 Å². The molecule has 0 spiro atoms. The monoisotopic (exact) mass is 603 g/mol. The van der Waals surface area contributed by atoms with Gasteiger partial charge < -0.3 is 26.4 Å². The molecule has 1 aliphatic rings. The number of ether oxygens (including phenoxy) is 1. The summed E-state index contributed by atoms with van der Waals surface area (Å²) in [5.74, 6) is -0.208. The summed E-state index contributed by atoms with van der Waals surface area (Å²) >= 11 is 3.32. The molecule has 7 N–H and O–H groups in total. The van der Waals surface area contributed by atoms with Crippen LogP contribution in [0.3, 0.4) is 0 Å².